The molecule has 2 amide bonds. The van der Waals surface area contributed by atoms with Gasteiger partial charge in [0.1, 0.15) is 5.25 Å². The van der Waals surface area contributed by atoms with Gasteiger partial charge in [-0.1, -0.05) is 17.8 Å². The number of amides is 2. The summed E-state index contributed by atoms with van der Waals surface area (Å²) >= 11 is 0.987. The lowest BCUT2D eigenvalue weighted by molar-refractivity contribution is -0.137. The average molecular weight is 451 g/mol. The number of benzene rings is 2. The highest BCUT2D eigenvalue weighted by atomic mass is 32.2. The Morgan fingerprint density at radius 1 is 1.19 bits per heavy atom. The number of halogens is 3. The third kappa shape index (κ3) is 5.43. The molecule has 31 heavy (non-hydrogen) atoms. The van der Waals surface area contributed by atoms with Crippen LogP contribution in [0.3, 0.4) is 0 Å². The lowest BCUT2D eigenvalue weighted by atomic mass is 10.2. The van der Waals surface area contributed by atoms with Crippen molar-refractivity contribution in [2.24, 2.45) is 4.99 Å². The van der Waals surface area contributed by atoms with Crippen molar-refractivity contribution in [2.75, 3.05) is 12.4 Å². The fourth-order valence-electron chi connectivity index (χ4n) is 2.74. The minimum absolute atomic E-state index is 0.0422. The van der Waals surface area contributed by atoms with Gasteiger partial charge in [-0.05, 0) is 42.5 Å². The molecule has 0 aliphatic carbocycles. The van der Waals surface area contributed by atoms with Crippen molar-refractivity contribution in [2.45, 2.75) is 17.8 Å². The topological polar surface area (TPSA) is 99.1 Å². The number of aromatic carboxylic acids is 1. The van der Waals surface area contributed by atoms with Crippen LogP contribution in [0.5, 0.6) is 0 Å². The molecule has 2 N–H and O–H groups in total. The maximum absolute atomic E-state index is 12.9. The minimum Gasteiger partial charge on any atom is -0.478 e. The van der Waals surface area contributed by atoms with Gasteiger partial charge in [-0.15, -0.1) is 0 Å². The summed E-state index contributed by atoms with van der Waals surface area (Å²) in [7, 11) is 1.43. The quantitative estimate of drug-likeness (QED) is 0.716. The predicted molar refractivity (Wildman–Crippen MR) is 109 cm³/mol. The summed E-state index contributed by atoms with van der Waals surface area (Å²) in [4.78, 5) is 40.9. The Kier molecular flexibility index (Phi) is 6.34. The Bertz CT molecular complexity index is 1050. The summed E-state index contributed by atoms with van der Waals surface area (Å²) in [6.07, 6.45) is -4.69. The van der Waals surface area contributed by atoms with Gasteiger partial charge in [-0.25, -0.2) is 9.79 Å². The van der Waals surface area contributed by atoms with Gasteiger partial charge in [0.2, 0.25) is 11.8 Å². The summed E-state index contributed by atoms with van der Waals surface area (Å²) in [5, 5.41) is 10.9. The standard InChI is InChI=1S/C20H16F3N3O4S/c1-26-17(28)15(10-16(27)24-13-7-5-11(6-8-13)18(29)30)31-19(26)25-14-4-2-3-12(9-14)20(21,22)23/h2-9,15H,10H2,1H3,(H,24,27)(H,29,30)/t15-/m0/s1. The molecular formula is C20H16F3N3O4S. The van der Waals surface area contributed by atoms with Crippen molar-refractivity contribution < 1.29 is 32.7 Å². The number of hydrogen-bond acceptors (Lipinski definition) is 5. The summed E-state index contributed by atoms with van der Waals surface area (Å²) < 4.78 is 38.6. The SMILES string of the molecule is CN1C(=O)[C@H](CC(=O)Nc2ccc(C(=O)O)cc2)SC1=Nc1cccc(C(F)(F)F)c1. The molecule has 7 nitrogen and oxygen atoms in total. The van der Waals surface area contributed by atoms with Crippen LogP contribution in [0.15, 0.2) is 53.5 Å². The van der Waals surface area contributed by atoms with Crippen LogP contribution >= 0.6 is 11.8 Å². The normalized spacial score (nSPS) is 17.8. The number of anilines is 1. The third-order valence-electron chi connectivity index (χ3n) is 4.33. The molecule has 0 spiro atoms. The highest BCUT2D eigenvalue weighted by Crippen LogP contribution is 2.34. The van der Waals surface area contributed by atoms with Crippen LogP contribution in [0.4, 0.5) is 24.5 Å². The Labute approximate surface area is 179 Å². The molecule has 162 valence electrons. The first-order chi connectivity index (χ1) is 14.5. The Hall–Kier alpha value is -3.34. The van der Waals surface area contributed by atoms with E-state index in [0.29, 0.717) is 5.69 Å². The lowest BCUT2D eigenvalue weighted by Gasteiger charge is -2.10. The molecule has 0 unspecified atom stereocenters. The van der Waals surface area contributed by atoms with Crippen LogP contribution in [-0.2, 0) is 15.8 Å². The van der Waals surface area contributed by atoms with Crippen LogP contribution < -0.4 is 5.32 Å². The Morgan fingerprint density at radius 2 is 1.87 bits per heavy atom. The maximum atomic E-state index is 12.9. The Morgan fingerprint density at radius 3 is 2.48 bits per heavy atom. The number of alkyl halides is 3. The molecule has 1 aliphatic rings. The first-order valence-electron chi connectivity index (χ1n) is 8.88. The van der Waals surface area contributed by atoms with Crippen LogP contribution in [0.25, 0.3) is 0 Å². The van der Waals surface area contributed by atoms with Crippen LogP contribution in [0.1, 0.15) is 22.3 Å². The van der Waals surface area contributed by atoms with E-state index in [2.05, 4.69) is 10.3 Å². The molecule has 0 saturated carbocycles. The predicted octanol–water partition coefficient (Wildman–Crippen LogP) is 3.99. The second-order valence-electron chi connectivity index (χ2n) is 6.58. The van der Waals surface area contributed by atoms with Crippen LogP contribution in [-0.4, -0.2) is 45.3 Å². The van der Waals surface area contributed by atoms with Gasteiger partial charge in [-0.2, -0.15) is 13.2 Å². The van der Waals surface area contributed by atoms with Crippen molar-refractivity contribution in [1.29, 1.82) is 0 Å². The molecule has 1 heterocycles. The number of nitrogens with one attached hydrogen (secondary N) is 1. The number of carboxylic acid groups (broad SMARTS) is 1. The molecule has 2 aromatic carbocycles. The van der Waals surface area contributed by atoms with E-state index >= 15 is 0 Å². The Balaban J connectivity index is 1.68. The fraction of sp³-hybridized carbons (Fsp3) is 0.200. The number of aliphatic imine (C=N–C) groups is 1. The zero-order valence-corrected chi connectivity index (χ0v) is 16.8. The van der Waals surface area contributed by atoms with E-state index in [1.807, 2.05) is 0 Å². The van der Waals surface area contributed by atoms with Gasteiger partial charge >= 0.3 is 12.1 Å². The van der Waals surface area contributed by atoms with Gasteiger partial charge in [0, 0.05) is 19.2 Å². The second kappa shape index (κ2) is 8.80. The van der Waals surface area contributed by atoms with Gasteiger partial charge in [-0.3, -0.25) is 14.5 Å². The van der Waals surface area contributed by atoms with Crippen LogP contribution in [0.2, 0.25) is 0 Å². The van der Waals surface area contributed by atoms with E-state index < -0.39 is 34.8 Å². The van der Waals surface area contributed by atoms with Gasteiger partial charge < -0.3 is 10.4 Å². The molecule has 1 saturated heterocycles. The molecule has 2 aromatic rings. The number of amidine groups is 1. The van der Waals surface area contributed by atoms with E-state index in [1.165, 1.54) is 48.3 Å². The fourth-order valence-corrected chi connectivity index (χ4v) is 3.89. The molecule has 1 atom stereocenters. The highest BCUT2D eigenvalue weighted by Gasteiger charge is 2.37. The number of carbonyl (C=O) groups is 3. The smallest absolute Gasteiger partial charge is 0.416 e. The largest absolute Gasteiger partial charge is 0.478 e. The first-order valence-corrected chi connectivity index (χ1v) is 9.76. The summed E-state index contributed by atoms with van der Waals surface area (Å²) in [6.45, 7) is 0. The van der Waals surface area contributed by atoms with Gasteiger partial charge in [0.25, 0.3) is 0 Å². The molecule has 11 heteroatoms. The van der Waals surface area contributed by atoms with E-state index in [0.717, 1.165) is 23.9 Å². The highest BCUT2D eigenvalue weighted by molar-refractivity contribution is 8.15. The van der Waals surface area contributed by atoms with Crippen molar-refractivity contribution >= 4 is 46.1 Å². The number of carbonyl (C=O) groups excluding carboxylic acids is 2. The number of carboxylic acids is 1. The van der Waals surface area contributed by atoms with E-state index in [9.17, 15) is 27.6 Å². The van der Waals surface area contributed by atoms with E-state index in [4.69, 9.17) is 5.11 Å². The second-order valence-corrected chi connectivity index (χ2v) is 7.75. The number of hydrogen-bond donors (Lipinski definition) is 2. The summed E-state index contributed by atoms with van der Waals surface area (Å²) in [5.74, 6) is -1.96. The van der Waals surface area contributed by atoms with Crippen molar-refractivity contribution in [3.8, 4) is 0 Å². The molecule has 1 fully saturated rings. The van der Waals surface area contributed by atoms with Crippen molar-refractivity contribution in [3.63, 3.8) is 0 Å². The minimum atomic E-state index is -4.51. The van der Waals surface area contributed by atoms with E-state index in [-0.39, 0.29) is 22.8 Å². The van der Waals surface area contributed by atoms with Crippen LogP contribution in [0, 0.1) is 0 Å². The molecule has 0 bridgehead atoms. The zero-order valence-electron chi connectivity index (χ0n) is 16.0. The number of nitrogens with zero attached hydrogens (tertiary/aromatic N) is 2. The first kappa shape index (κ1) is 22.3. The van der Waals surface area contributed by atoms with Crippen molar-refractivity contribution in [1.82, 2.24) is 4.90 Å². The average Bonchev–Trinajstić information content (AvgIpc) is 2.95. The summed E-state index contributed by atoms with van der Waals surface area (Å²) in [6, 6.07) is 9.95. The monoisotopic (exact) mass is 451 g/mol. The molecule has 1 aliphatic heterocycles. The maximum Gasteiger partial charge on any atom is 0.416 e. The number of rotatable bonds is 5. The van der Waals surface area contributed by atoms with Gasteiger partial charge in [0.05, 0.1) is 16.8 Å². The van der Waals surface area contributed by atoms with Gasteiger partial charge in [0.15, 0.2) is 5.17 Å². The summed E-state index contributed by atoms with van der Waals surface area (Å²) in [5.41, 5.74) is -0.370. The molecule has 3 rings (SSSR count). The van der Waals surface area contributed by atoms with Crippen molar-refractivity contribution in [3.05, 3.63) is 59.7 Å². The molecule has 0 aromatic heterocycles. The van der Waals surface area contributed by atoms with E-state index in [1.54, 1.807) is 0 Å². The lowest BCUT2D eigenvalue weighted by Crippen LogP contribution is -2.30. The number of thioether (sulfide) groups is 1. The molecular weight excluding hydrogens is 435 g/mol. The third-order valence-corrected chi connectivity index (χ3v) is 5.55. The zero-order chi connectivity index (χ0) is 22.8. The molecule has 0 radical (unpaired) electrons.